The molecule has 0 bridgehead atoms. The number of nitrogens with two attached hydrogens (primary N) is 1. The van der Waals surface area contributed by atoms with Crippen molar-refractivity contribution >= 4 is 30.5 Å². The van der Waals surface area contributed by atoms with Gasteiger partial charge in [0.25, 0.3) is 0 Å². The van der Waals surface area contributed by atoms with Crippen molar-refractivity contribution in [3.05, 3.63) is 29.8 Å². The van der Waals surface area contributed by atoms with E-state index in [0.29, 0.717) is 6.04 Å². The van der Waals surface area contributed by atoms with Gasteiger partial charge in [-0.1, -0.05) is 18.2 Å². The Morgan fingerprint density at radius 3 is 2.67 bits per heavy atom. The van der Waals surface area contributed by atoms with Crippen LogP contribution in [0.1, 0.15) is 12.0 Å². The Kier molecular flexibility index (Phi) is 6.03. The van der Waals surface area contributed by atoms with Crippen LogP contribution in [0.3, 0.4) is 0 Å². The molecule has 4 heteroatoms. The molecule has 0 aliphatic carbocycles. The van der Waals surface area contributed by atoms with Crippen LogP contribution in [0.5, 0.6) is 0 Å². The van der Waals surface area contributed by atoms with Crippen molar-refractivity contribution in [2.24, 2.45) is 5.73 Å². The van der Waals surface area contributed by atoms with Gasteiger partial charge in [0.1, 0.15) is 0 Å². The molecule has 0 aromatic heterocycles. The first-order valence-electron chi connectivity index (χ1n) is 4.83. The van der Waals surface area contributed by atoms with E-state index in [1.165, 1.54) is 24.1 Å². The van der Waals surface area contributed by atoms with Crippen molar-refractivity contribution in [2.75, 3.05) is 18.5 Å². The van der Waals surface area contributed by atoms with E-state index in [1.54, 1.807) is 0 Å². The van der Waals surface area contributed by atoms with Crippen LogP contribution in [0.25, 0.3) is 0 Å². The molecule has 1 heterocycles. The van der Waals surface area contributed by atoms with Crippen molar-refractivity contribution in [2.45, 2.75) is 18.9 Å². The average molecular weight is 249 g/mol. The third kappa shape index (κ3) is 2.77. The first-order chi connectivity index (χ1) is 6.33. The zero-order valence-corrected chi connectivity index (χ0v) is 10.5. The maximum Gasteiger partial charge on any atom is 0.0412 e. The molecule has 0 fully saturated rings. The first-order valence-corrected chi connectivity index (χ1v) is 4.83. The maximum absolute atomic E-state index is 5.71. The minimum absolute atomic E-state index is 0. The molecule has 0 spiro atoms. The number of nitrogens with zero attached hydrogens (tertiary/aromatic N) is 1. The van der Waals surface area contributed by atoms with E-state index >= 15 is 0 Å². The molecule has 0 amide bonds. The van der Waals surface area contributed by atoms with E-state index in [0.717, 1.165) is 6.54 Å². The second-order valence-corrected chi connectivity index (χ2v) is 3.67. The Morgan fingerprint density at radius 1 is 1.33 bits per heavy atom. The van der Waals surface area contributed by atoms with Gasteiger partial charge in [0.05, 0.1) is 0 Å². The maximum atomic E-state index is 5.71. The van der Waals surface area contributed by atoms with Gasteiger partial charge in [0.15, 0.2) is 0 Å². The van der Waals surface area contributed by atoms with Crippen molar-refractivity contribution in [1.82, 2.24) is 0 Å². The van der Waals surface area contributed by atoms with Gasteiger partial charge < -0.3 is 10.6 Å². The van der Waals surface area contributed by atoms with Crippen LogP contribution < -0.4 is 10.6 Å². The van der Waals surface area contributed by atoms with Crippen molar-refractivity contribution < 1.29 is 0 Å². The lowest BCUT2D eigenvalue weighted by molar-refractivity contribution is 0.565. The van der Waals surface area contributed by atoms with Crippen molar-refractivity contribution in [1.29, 1.82) is 0 Å². The molecule has 0 radical (unpaired) electrons. The second-order valence-electron chi connectivity index (χ2n) is 3.67. The first kappa shape index (κ1) is 14.6. The van der Waals surface area contributed by atoms with Gasteiger partial charge in [-0.2, -0.15) is 0 Å². The molecule has 86 valence electrons. The van der Waals surface area contributed by atoms with Crippen LogP contribution in [-0.4, -0.2) is 19.6 Å². The van der Waals surface area contributed by atoms with E-state index in [-0.39, 0.29) is 24.8 Å². The summed E-state index contributed by atoms with van der Waals surface area (Å²) < 4.78 is 0. The molecule has 1 unspecified atom stereocenters. The molecule has 2 nitrogen and oxygen atoms in total. The van der Waals surface area contributed by atoms with Crippen molar-refractivity contribution in [3.8, 4) is 0 Å². The molecule has 1 aliphatic heterocycles. The number of fused-ring (bicyclic) bond motifs is 1. The lowest BCUT2D eigenvalue weighted by Crippen LogP contribution is -2.41. The molecule has 1 aromatic carbocycles. The predicted octanol–water partition coefficient (Wildman–Crippen LogP) is 2.24. The summed E-state index contributed by atoms with van der Waals surface area (Å²) in [6.45, 7) is 0.755. The molecular formula is C11H18Cl2N2. The summed E-state index contributed by atoms with van der Waals surface area (Å²) in [4.78, 5) is 2.30. The molecule has 2 rings (SSSR count). The van der Waals surface area contributed by atoms with E-state index < -0.39 is 0 Å². The fourth-order valence-corrected chi connectivity index (χ4v) is 2.05. The van der Waals surface area contributed by atoms with Gasteiger partial charge in [-0.3, -0.25) is 0 Å². The highest BCUT2D eigenvalue weighted by atomic mass is 35.5. The molecular weight excluding hydrogens is 231 g/mol. The van der Waals surface area contributed by atoms with Gasteiger partial charge in [-0.05, 0) is 24.5 Å². The van der Waals surface area contributed by atoms with E-state index in [4.69, 9.17) is 5.73 Å². The van der Waals surface area contributed by atoms with Crippen LogP contribution in [0, 0.1) is 0 Å². The van der Waals surface area contributed by atoms with Gasteiger partial charge in [0.2, 0.25) is 0 Å². The highest BCUT2D eigenvalue weighted by molar-refractivity contribution is 5.85. The number of para-hydroxylation sites is 1. The summed E-state index contributed by atoms with van der Waals surface area (Å²) in [6, 6.07) is 9.11. The molecule has 1 aliphatic rings. The highest BCUT2D eigenvalue weighted by Gasteiger charge is 2.20. The number of halogens is 2. The fourth-order valence-electron chi connectivity index (χ4n) is 2.05. The largest absolute Gasteiger partial charge is 0.370 e. The summed E-state index contributed by atoms with van der Waals surface area (Å²) in [5.41, 5.74) is 8.51. The molecule has 0 saturated carbocycles. The zero-order chi connectivity index (χ0) is 9.26. The molecule has 1 aromatic rings. The van der Waals surface area contributed by atoms with Crippen LogP contribution in [0.15, 0.2) is 24.3 Å². The number of aryl methyl sites for hydroxylation is 1. The van der Waals surface area contributed by atoms with E-state index in [1.807, 2.05) is 0 Å². The summed E-state index contributed by atoms with van der Waals surface area (Å²) in [6.07, 6.45) is 2.35. The Hall–Kier alpha value is -0.440. The Morgan fingerprint density at radius 2 is 2.00 bits per heavy atom. The Labute approximate surface area is 104 Å². The lowest BCUT2D eigenvalue weighted by atomic mass is 9.96. The van der Waals surface area contributed by atoms with E-state index in [2.05, 4.69) is 36.2 Å². The van der Waals surface area contributed by atoms with Gasteiger partial charge >= 0.3 is 0 Å². The van der Waals surface area contributed by atoms with E-state index in [9.17, 15) is 0 Å². The molecule has 2 N–H and O–H groups in total. The SMILES string of the molecule is CN1c2ccccc2CCC1CN.Cl.Cl. The molecule has 0 saturated heterocycles. The molecule has 1 atom stereocenters. The van der Waals surface area contributed by atoms with Crippen LogP contribution in [-0.2, 0) is 6.42 Å². The number of benzene rings is 1. The number of hydrogen-bond donors (Lipinski definition) is 1. The Balaban J connectivity index is 0.000000980. The van der Waals surface area contributed by atoms with Gasteiger partial charge in [-0.25, -0.2) is 0 Å². The minimum atomic E-state index is 0. The monoisotopic (exact) mass is 248 g/mol. The van der Waals surface area contributed by atoms with Crippen LogP contribution >= 0.6 is 24.8 Å². The minimum Gasteiger partial charge on any atom is -0.370 e. The summed E-state index contributed by atoms with van der Waals surface area (Å²) >= 11 is 0. The number of rotatable bonds is 1. The lowest BCUT2D eigenvalue weighted by Gasteiger charge is -2.35. The highest BCUT2D eigenvalue weighted by Crippen LogP contribution is 2.28. The second kappa shape index (κ2) is 6.21. The quantitative estimate of drug-likeness (QED) is 0.827. The van der Waals surface area contributed by atoms with Gasteiger partial charge in [0, 0.05) is 25.3 Å². The normalized spacial score (nSPS) is 18.5. The van der Waals surface area contributed by atoms with Crippen LogP contribution in [0.2, 0.25) is 0 Å². The predicted molar refractivity (Wildman–Crippen MR) is 70.5 cm³/mol. The third-order valence-electron chi connectivity index (χ3n) is 2.94. The summed E-state index contributed by atoms with van der Waals surface area (Å²) in [5.74, 6) is 0. The fraction of sp³-hybridized carbons (Fsp3) is 0.455. The third-order valence-corrected chi connectivity index (χ3v) is 2.94. The van der Waals surface area contributed by atoms with Crippen molar-refractivity contribution in [3.63, 3.8) is 0 Å². The van der Waals surface area contributed by atoms with Gasteiger partial charge in [-0.15, -0.1) is 24.8 Å². The van der Waals surface area contributed by atoms with Crippen LogP contribution in [0.4, 0.5) is 5.69 Å². The zero-order valence-electron chi connectivity index (χ0n) is 8.85. The smallest absolute Gasteiger partial charge is 0.0412 e. The summed E-state index contributed by atoms with van der Waals surface area (Å²) in [7, 11) is 2.13. The molecule has 15 heavy (non-hydrogen) atoms. The number of likely N-dealkylation sites (N-methyl/N-ethyl adjacent to an activating group) is 1. The Bertz CT molecular complexity index is 304. The standard InChI is InChI=1S/C11H16N2.2ClH/c1-13-10(8-12)7-6-9-4-2-3-5-11(9)13;;/h2-5,10H,6-8,12H2,1H3;2*1H. The number of hydrogen-bond acceptors (Lipinski definition) is 2. The topological polar surface area (TPSA) is 29.3 Å². The summed E-state index contributed by atoms with van der Waals surface area (Å²) in [5, 5.41) is 0. The number of anilines is 1. The average Bonchev–Trinajstić information content (AvgIpc) is 2.19.